The Labute approximate surface area is 290 Å². The van der Waals surface area contributed by atoms with Gasteiger partial charge in [0.15, 0.2) is 5.58 Å². The van der Waals surface area contributed by atoms with Gasteiger partial charge in [0.1, 0.15) is 5.58 Å². The Morgan fingerprint density at radius 3 is 1.64 bits per heavy atom. The third-order valence-corrected chi connectivity index (χ3v) is 10.0. The molecule has 0 bridgehead atoms. The molecule has 0 aliphatic carbocycles. The number of para-hydroxylation sites is 1. The molecular formula is C48H31NO. The Bertz CT molecular complexity index is 2870. The third-order valence-electron chi connectivity index (χ3n) is 10.0. The summed E-state index contributed by atoms with van der Waals surface area (Å²) in [4.78, 5) is 2.37. The van der Waals surface area contributed by atoms with Crippen molar-refractivity contribution in [1.29, 1.82) is 0 Å². The van der Waals surface area contributed by atoms with Gasteiger partial charge in [-0.1, -0.05) is 152 Å². The highest BCUT2D eigenvalue weighted by Crippen LogP contribution is 2.46. The molecule has 0 N–H and O–H groups in total. The van der Waals surface area contributed by atoms with E-state index in [-0.39, 0.29) is 0 Å². The Kier molecular flexibility index (Phi) is 6.53. The molecule has 10 aromatic rings. The fraction of sp³-hybridized carbons (Fsp3) is 0. The van der Waals surface area contributed by atoms with Gasteiger partial charge in [0.2, 0.25) is 0 Å². The second kappa shape index (κ2) is 11.5. The Morgan fingerprint density at radius 2 is 0.860 bits per heavy atom. The standard InChI is InChI=1S/C48H31NO/c1-3-12-32(13-4-1)40-29-27-38(31-44(40)33-14-5-2-6-15-33)49(37-26-24-36-23-22-34-16-7-9-18-39(34)45(36)30-37)46-21-11-20-42-43-28-25-35-17-8-10-19-41(35)47(43)50-48(42)46/h1-31H. The molecular weight excluding hydrogens is 607 g/mol. The first-order chi connectivity index (χ1) is 24.8. The Balaban J connectivity index is 1.28. The van der Waals surface area contributed by atoms with E-state index in [0.29, 0.717) is 0 Å². The average Bonchev–Trinajstić information content (AvgIpc) is 3.59. The Morgan fingerprint density at radius 1 is 0.320 bits per heavy atom. The average molecular weight is 638 g/mol. The molecule has 0 saturated carbocycles. The molecule has 234 valence electrons. The number of benzene rings is 9. The molecule has 0 radical (unpaired) electrons. The smallest absolute Gasteiger partial charge is 0.159 e. The van der Waals surface area contributed by atoms with Crippen LogP contribution >= 0.6 is 0 Å². The monoisotopic (exact) mass is 637 g/mol. The van der Waals surface area contributed by atoms with E-state index in [1.54, 1.807) is 0 Å². The van der Waals surface area contributed by atoms with Crippen LogP contribution in [0.25, 0.3) is 76.5 Å². The molecule has 0 aliphatic rings. The van der Waals surface area contributed by atoms with Crippen LogP contribution in [0.5, 0.6) is 0 Å². The predicted molar refractivity (Wildman–Crippen MR) is 212 cm³/mol. The predicted octanol–water partition coefficient (Wildman–Crippen LogP) is 13.8. The lowest BCUT2D eigenvalue weighted by molar-refractivity contribution is 0.673. The van der Waals surface area contributed by atoms with Gasteiger partial charge in [0, 0.05) is 27.5 Å². The van der Waals surface area contributed by atoms with E-state index >= 15 is 0 Å². The lowest BCUT2D eigenvalue weighted by atomic mass is 9.93. The van der Waals surface area contributed by atoms with Gasteiger partial charge in [-0.2, -0.15) is 0 Å². The number of hydrogen-bond donors (Lipinski definition) is 0. The molecule has 0 atom stereocenters. The second-order valence-corrected chi connectivity index (χ2v) is 12.9. The van der Waals surface area contributed by atoms with Crippen LogP contribution in [0.4, 0.5) is 17.1 Å². The van der Waals surface area contributed by atoms with Gasteiger partial charge in [-0.15, -0.1) is 0 Å². The maximum Gasteiger partial charge on any atom is 0.159 e. The van der Waals surface area contributed by atoms with Gasteiger partial charge in [-0.3, -0.25) is 0 Å². The van der Waals surface area contributed by atoms with E-state index in [0.717, 1.165) is 44.4 Å². The van der Waals surface area contributed by atoms with Gasteiger partial charge in [-0.05, 0) is 85.6 Å². The van der Waals surface area contributed by atoms with Crippen molar-refractivity contribution in [3.63, 3.8) is 0 Å². The van der Waals surface area contributed by atoms with E-state index in [1.807, 2.05) is 0 Å². The van der Waals surface area contributed by atoms with Crippen molar-refractivity contribution < 1.29 is 4.42 Å². The first kappa shape index (κ1) is 28.4. The summed E-state index contributed by atoms with van der Waals surface area (Å²) in [6, 6.07) is 67.5. The summed E-state index contributed by atoms with van der Waals surface area (Å²) in [7, 11) is 0. The largest absolute Gasteiger partial charge is 0.453 e. The number of nitrogens with zero attached hydrogens (tertiary/aromatic N) is 1. The highest BCUT2D eigenvalue weighted by atomic mass is 16.3. The van der Waals surface area contributed by atoms with Crippen LogP contribution < -0.4 is 4.90 Å². The van der Waals surface area contributed by atoms with Crippen LogP contribution in [0.1, 0.15) is 0 Å². The van der Waals surface area contributed by atoms with Gasteiger partial charge < -0.3 is 9.32 Å². The molecule has 0 fully saturated rings. The molecule has 9 aromatic carbocycles. The maximum absolute atomic E-state index is 6.94. The van der Waals surface area contributed by atoms with Crippen LogP contribution in [-0.4, -0.2) is 0 Å². The number of rotatable bonds is 5. The van der Waals surface area contributed by atoms with Crippen LogP contribution in [0, 0.1) is 0 Å². The molecule has 2 heteroatoms. The highest BCUT2D eigenvalue weighted by molar-refractivity contribution is 6.18. The molecule has 0 unspecified atom stereocenters. The lowest BCUT2D eigenvalue weighted by Crippen LogP contribution is -2.10. The van der Waals surface area contributed by atoms with Gasteiger partial charge in [-0.25, -0.2) is 0 Å². The number of hydrogen-bond acceptors (Lipinski definition) is 2. The van der Waals surface area contributed by atoms with Crippen molar-refractivity contribution in [1.82, 2.24) is 0 Å². The van der Waals surface area contributed by atoms with Crippen LogP contribution in [0.15, 0.2) is 192 Å². The van der Waals surface area contributed by atoms with Crippen molar-refractivity contribution >= 4 is 71.3 Å². The van der Waals surface area contributed by atoms with Gasteiger partial charge >= 0.3 is 0 Å². The summed E-state index contributed by atoms with van der Waals surface area (Å²) < 4.78 is 6.94. The zero-order valence-corrected chi connectivity index (χ0v) is 27.3. The van der Waals surface area contributed by atoms with Crippen LogP contribution in [-0.2, 0) is 0 Å². The lowest BCUT2D eigenvalue weighted by Gasteiger charge is -2.27. The molecule has 0 spiro atoms. The SMILES string of the molecule is c1ccc(-c2ccc(N(c3ccc4ccc5ccccc5c4c3)c3cccc4c3oc3c5ccccc5ccc43)cc2-c2ccccc2)cc1. The summed E-state index contributed by atoms with van der Waals surface area (Å²) in [6.07, 6.45) is 0. The number of fused-ring (bicyclic) bond motifs is 8. The normalized spacial score (nSPS) is 11.6. The highest BCUT2D eigenvalue weighted by Gasteiger charge is 2.22. The fourth-order valence-electron chi connectivity index (χ4n) is 7.64. The minimum absolute atomic E-state index is 0.866. The third kappa shape index (κ3) is 4.57. The molecule has 1 heterocycles. The molecule has 0 amide bonds. The van der Waals surface area contributed by atoms with E-state index < -0.39 is 0 Å². The summed E-state index contributed by atoms with van der Waals surface area (Å²) in [5.74, 6) is 0. The molecule has 0 saturated heterocycles. The van der Waals surface area contributed by atoms with Crippen molar-refractivity contribution in [2.45, 2.75) is 0 Å². The van der Waals surface area contributed by atoms with Crippen molar-refractivity contribution in [2.24, 2.45) is 0 Å². The first-order valence-electron chi connectivity index (χ1n) is 17.1. The Hall–Kier alpha value is -6.64. The minimum Gasteiger partial charge on any atom is -0.453 e. The van der Waals surface area contributed by atoms with Crippen molar-refractivity contribution in [2.75, 3.05) is 4.90 Å². The fourth-order valence-corrected chi connectivity index (χ4v) is 7.64. The van der Waals surface area contributed by atoms with E-state index in [4.69, 9.17) is 4.42 Å². The van der Waals surface area contributed by atoms with Crippen LogP contribution in [0.2, 0.25) is 0 Å². The topological polar surface area (TPSA) is 16.4 Å². The molecule has 10 rings (SSSR count). The van der Waals surface area contributed by atoms with Crippen molar-refractivity contribution in [3.8, 4) is 22.3 Å². The number of anilines is 3. The number of furan rings is 1. The van der Waals surface area contributed by atoms with Crippen LogP contribution in [0.3, 0.4) is 0 Å². The van der Waals surface area contributed by atoms with Gasteiger partial charge in [0.05, 0.1) is 5.69 Å². The summed E-state index contributed by atoms with van der Waals surface area (Å²) in [6.45, 7) is 0. The second-order valence-electron chi connectivity index (χ2n) is 12.9. The van der Waals surface area contributed by atoms with E-state index in [2.05, 4.69) is 193 Å². The van der Waals surface area contributed by atoms with Crippen molar-refractivity contribution in [3.05, 3.63) is 188 Å². The summed E-state index contributed by atoms with van der Waals surface area (Å²) >= 11 is 0. The molecule has 2 nitrogen and oxygen atoms in total. The first-order valence-corrected chi connectivity index (χ1v) is 17.1. The zero-order valence-electron chi connectivity index (χ0n) is 27.3. The minimum atomic E-state index is 0.866. The van der Waals surface area contributed by atoms with Gasteiger partial charge in [0.25, 0.3) is 0 Å². The van der Waals surface area contributed by atoms with E-state index in [9.17, 15) is 0 Å². The summed E-state index contributed by atoms with van der Waals surface area (Å²) in [5.41, 5.74) is 9.63. The summed E-state index contributed by atoms with van der Waals surface area (Å²) in [5, 5.41) is 9.41. The van der Waals surface area contributed by atoms with E-state index in [1.165, 1.54) is 49.2 Å². The maximum atomic E-state index is 6.94. The zero-order chi connectivity index (χ0) is 33.0. The molecule has 50 heavy (non-hydrogen) atoms. The quantitative estimate of drug-likeness (QED) is 0.175. The molecule has 1 aromatic heterocycles. The molecule has 0 aliphatic heterocycles.